The van der Waals surface area contributed by atoms with Crippen molar-refractivity contribution in [2.75, 3.05) is 25.5 Å². The number of likely N-dealkylation sites (tertiary alicyclic amines) is 1. The van der Waals surface area contributed by atoms with Crippen molar-refractivity contribution >= 4 is 45.6 Å². The highest BCUT2D eigenvalue weighted by molar-refractivity contribution is 7.16. The lowest BCUT2D eigenvalue weighted by molar-refractivity contribution is -0.000202. The van der Waals surface area contributed by atoms with Gasteiger partial charge in [-0.05, 0) is 45.2 Å². The molecule has 0 saturated carbocycles. The first-order valence-corrected chi connectivity index (χ1v) is 12.9. The molecule has 2 aliphatic rings. The van der Waals surface area contributed by atoms with E-state index >= 15 is 0 Å². The first kappa shape index (κ1) is 22.7. The van der Waals surface area contributed by atoms with Gasteiger partial charge in [-0.1, -0.05) is 0 Å². The summed E-state index contributed by atoms with van der Waals surface area (Å²) in [4.78, 5) is 43.7. The number of rotatable bonds is 4. The number of carbonyl (C=O) groups is 2. The zero-order chi connectivity index (χ0) is 23.8. The van der Waals surface area contributed by atoms with Crippen LogP contribution in [0.4, 0.5) is 15.7 Å². The summed E-state index contributed by atoms with van der Waals surface area (Å²) in [7, 11) is 1.39. The minimum Gasteiger partial charge on any atom is -0.453 e. The number of aryl methyl sites for hydroxylation is 2. The number of aromatic nitrogens is 3. The fourth-order valence-electron chi connectivity index (χ4n) is 4.77. The molecule has 1 N–H and O–H groups in total. The standard InChI is InChI=1S/C23H26N6O3S2/c1-13-20(34-14(2)25-13)18-12-33-22(26-18)27-19-8-7-15(9-24-19)21(30)29-16-5-4-6-17(29)11-28(10-16)23(31)32-3/h7-9,12,16-17H,4-6,10-11H2,1-3H3,(H,24,26,27). The minimum absolute atomic E-state index is 0.00414. The Hall–Kier alpha value is -3.05. The predicted octanol–water partition coefficient (Wildman–Crippen LogP) is 4.47. The van der Waals surface area contributed by atoms with Crippen LogP contribution >= 0.6 is 22.7 Å². The van der Waals surface area contributed by atoms with Crippen LogP contribution in [0.5, 0.6) is 0 Å². The van der Waals surface area contributed by atoms with Gasteiger partial charge in [-0.15, -0.1) is 22.7 Å². The van der Waals surface area contributed by atoms with Gasteiger partial charge in [0.2, 0.25) is 0 Å². The van der Waals surface area contributed by atoms with E-state index in [2.05, 4.69) is 20.3 Å². The molecular weight excluding hydrogens is 472 g/mol. The second-order valence-electron chi connectivity index (χ2n) is 8.57. The molecule has 3 aromatic heterocycles. The van der Waals surface area contributed by atoms with Gasteiger partial charge in [0, 0.05) is 24.7 Å². The second kappa shape index (κ2) is 9.30. The number of methoxy groups -OCH3 is 1. The number of nitrogens with one attached hydrogen (secondary N) is 1. The summed E-state index contributed by atoms with van der Waals surface area (Å²) in [6.07, 6.45) is 4.11. The SMILES string of the molecule is COC(=O)N1CC2CCCC(C1)N2C(=O)c1ccc(Nc2nc(-c3sc(C)nc3C)cs2)nc1. The predicted molar refractivity (Wildman–Crippen MR) is 132 cm³/mol. The van der Waals surface area contributed by atoms with Gasteiger partial charge in [0.15, 0.2) is 5.13 Å². The number of hydrogen-bond acceptors (Lipinski definition) is 9. The van der Waals surface area contributed by atoms with E-state index in [1.54, 1.807) is 34.6 Å². The number of amides is 2. The number of nitrogens with zero attached hydrogens (tertiary/aromatic N) is 5. The van der Waals surface area contributed by atoms with Crippen molar-refractivity contribution in [1.82, 2.24) is 24.8 Å². The van der Waals surface area contributed by atoms with Crippen LogP contribution in [-0.2, 0) is 4.74 Å². The number of carbonyl (C=O) groups excluding carboxylic acids is 2. The first-order chi connectivity index (χ1) is 16.4. The van der Waals surface area contributed by atoms with Crippen molar-refractivity contribution in [3.63, 3.8) is 0 Å². The van der Waals surface area contributed by atoms with E-state index in [4.69, 9.17) is 4.74 Å². The molecule has 2 aliphatic heterocycles. The molecule has 178 valence electrons. The second-order valence-corrected chi connectivity index (χ2v) is 10.6. The van der Waals surface area contributed by atoms with Crippen molar-refractivity contribution in [2.45, 2.75) is 45.2 Å². The summed E-state index contributed by atoms with van der Waals surface area (Å²) in [5, 5.41) is 6.99. The van der Waals surface area contributed by atoms with Crippen LogP contribution in [0.3, 0.4) is 0 Å². The normalized spacial score (nSPS) is 19.7. The fourth-order valence-corrected chi connectivity index (χ4v) is 6.44. The molecule has 0 spiro atoms. The fraction of sp³-hybridized carbons (Fsp3) is 0.435. The van der Waals surface area contributed by atoms with Gasteiger partial charge in [-0.3, -0.25) is 4.79 Å². The molecule has 9 nitrogen and oxygen atoms in total. The molecule has 5 heterocycles. The summed E-state index contributed by atoms with van der Waals surface area (Å²) in [6, 6.07) is 3.61. The summed E-state index contributed by atoms with van der Waals surface area (Å²) in [5.41, 5.74) is 2.43. The van der Waals surface area contributed by atoms with Crippen molar-refractivity contribution in [2.24, 2.45) is 0 Å². The van der Waals surface area contributed by atoms with Crippen molar-refractivity contribution in [1.29, 1.82) is 0 Å². The highest BCUT2D eigenvalue weighted by atomic mass is 32.1. The van der Waals surface area contributed by atoms with Crippen LogP contribution < -0.4 is 5.32 Å². The summed E-state index contributed by atoms with van der Waals surface area (Å²) in [6.45, 7) is 5.00. The summed E-state index contributed by atoms with van der Waals surface area (Å²) in [5.74, 6) is 0.594. The van der Waals surface area contributed by atoms with Crippen molar-refractivity contribution < 1.29 is 14.3 Å². The van der Waals surface area contributed by atoms with Gasteiger partial charge < -0.3 is 19.9 Å². The summed E-state index contributed by atoms with van der Waals surface area (Å²) >= 11 is 3.14. The zero-order valence-corrected chi connectivity index (χ0v) is 20.9. The third-order valence-corrected chi connectivity index (χ3v) is 8.13. The first-order valence-electron chi connectivity index (χ1n) is 11.2. The Morgan fingerprint density at radius 1 is 1.15 bits per heavy atom. The molecule has 3 aromatic rings. The molecule has 2 unspecified atom stereocenters. The molecule has 2 saturated heterocycles. The molecule has 11 heteroatoms. The zero-order valence-electron chi connectivity index (χ0n) is 19.3. The lowest BCUT2D eigenvalue weighted by Gasteiger charge is -2.49. The maximum Gasteiger partial charge on any atom is 0.409 e. The Labute approximate surface area is 205 Å². The van der Waals surface area contributed by atoms with Crippen LogP contribution in [0.25, 0.3) is 10.6 Å². The molecule has 2 amide bonds. The Morgan fingerprint density at radius 2 is 1.91 bits per heavy atom. The average molecular weight is 499 g/mol. The molecule has 2 fully saturated rings. The monoisotopic (exact) mass is 498 g/mol. The summed E-state index contributed by atoms with van der Waals surface area (Å²) < 4.78 is 4.89. The number of thiazole rings is 2. The molecule has 34 heavy (non-hydrogen) atoms. The van der Waals surface area contributed by atoms with E-state index in [1.807, 2.05) is 24.1 Å². The van der Waals surface area contributed by atoms with Crippen LogP contribution in [0.15, 0.2) is 23.7 Å². The molecule has 0 aromatic carbocycles. The molecular formula is C23H26N6O3S2. The van der Waals surface area contributed by atoms with Crippen molar-refractivity contribution in [3.05, 3.63) is 40.0 Å². The van der Waals surface area contributed by atoms with Gasteiger partial charge in [0.1, 0.15) is 5.82 Å². The van der Waals surface area contributed by atoms with E-state index in [-0.39, 0.29) is 24.1 Å². The molecule has 0 radical (unpaired) electrons. The van der Waals surface area contributed by atoms with E-state index in [0.717, 1.165) is 45.7 Å². The van der Waals surface area contributed by atoms with Gasteiger partial charge in [0.05, 0.1) is 46.0 Å². The molecule has 2 bridgehead atoms. The number of ether oxygens (including phenoxy) is 1. The van der Waals surface area contributed by atoms with Crippen LogP contribution in [0.1, 0.15) is 40.3 Å². The lowest BCUT2D eigenvalue weighted by Crippen LogP contribution is -2.63. The van der Waals surface area contributed by atoms with Gasteiger partial charge in [-0.2, -0.15) is 0 Å². The van der Waals surface area contributed by atoms with E-state index in [0.29, 0.717) is 24.5 Å². The molecule has 5 rings (SSSR count). The maximum atomic E-state index is 13.3. The van der Waals surface area contributed by atoms with Gasteiger partial charge in [0.25, 0.3) is 5.91 Å². The van der Waals surface area contributed by atoms with E-state index < -0.39 is 0 Å². The minimum atomic E-state index is -0.327. The Balaban J connectivity index is 1.27. The highest BCUT2D eigenvalue weighted by Crippen LogP contribution is 2.33. The number of hydrogen-bond donors (Lipinski definition) is 1. The van der Waals surface area contributed by atoms with E-state index in [1.165, 1.54) is 18.4 Å². The number of anilines is 2. The number of pyridine rings is 1. The third kappa shape index (κ3) is 4.37. The Bertz CT molecular complexity index is 1190. The van der Waals surface area contributed by atoms with Crippen LogP contribution in [0.2, 0.25) is 0 Å². The highest BCUT2D eigenvalue weighted by Gasteiger charge is 2.42. The topological polar surface area (TPSA) is 101 Å². The quantitative estimate of drug-likeness (QED) is 0.566. The van der Waals surface area contributed by atoms with Crippen LogP contribution in [-0.4, -0.2) is 69.0 Å². The van der Waals surface area contributed by atoms with Crippen molar-refractivity contribution in [3.8, 4) is 10.6 Å². The van der Waals surface area contributed by atoms with Gasteiger partial charge in [-0.25, -0.2) is 19.7 Å². The smallest absolute Gasteiger partial charge is 0.409 e. The maximum absolute atomic E-state index is 13.3. The Kier molecular flexibility index (Phi) is 6.22. The van der Waals surface area contributed by atoms with E-state index in [9.17, 15) is 9.59 Å². The Morgan fingerprint density at radius 3 is 2.53 bits per heavy atom. The molecule has 0 aliphatic carbocycles. The number of fused-ring (bicyclic) bond motifs is 2. The lowest BCUT2D eigenvalue weighted by atomic mass is 9.90. The van der Waals surface area contributed by atoms with Crippen LogP contribution in [0, 0.1) is 13.8 Å². The third-order valence-electron chi connectivity index (χ3n) is 6.28. The largest absolute Gasteiger partial charge is 0.453 e. The molecule has 2 atom stereocenters. The number of piperidine rings is 1. The van der Waals surface area contributed by atoms with Gasteiger partial charge >= 0.3 is 6.09 Å². The average Bonchev–Trinajstić information content (AvgIpc) is 3.42. The number of piperazine rings is 1.